The Morgan fingerprint density at radius 2 is 1.13 bits per heavy atom. The highest BCUT2D eigenvalue weighted by atomic mass is 127. The van der Waals surface area contributed by atoms with Gasteiger partial charge >= 0.3 is 0 Å². The molecule has 0 saturated carbocycles. The van der Waals surface area contributed by atoms with Crippen LogP contribution in [0, 0.1) is 15.4 Å². The molecule has 46 heavy (non-hydrogen) atoms. The molecule has 0 heterocycles. The fraction of sp³-hybridized carbons (Fsp3) is 0.333. The average Bonchev–Trinajstić information content (AvgIpc) is 3.34. The van der Waals surface area contributed by atoms with Gasteiger partial charge in [-0.3, -0.25) is 0 Å². The van der Waals surface area contributed by atoms with Crippen molar-refractivity contribution in [3.8, 4) is 23.0 Å². The summed E-state index contributed by atoms with van der Waals surface area (Å²) < 4.78 is 1.35. The molecular formula is C45H45I. The Balaban J connectivity index is 1.29. The molecule has 1 aliphatic carbocycles. The van der Waals surface area contributed by atoms with Crippen LogP contribution in [0.3, 0.4) is 0 Å². The zero-order chi connectivity index (χ0) is 31.5. The summed E-state index contributed by atoms with van der Waals surface area (Å²) >= 11 is 2.52. The number of fused-ring (bicyclic) bond motifs is 3. The van der Waals surface area contributed by atoms with E-state index in [2.05, 4.69) is 139 Å². The van der Waals surface area contributed by atoms with Crippen LogP contribution in [-0.4, -0.2) is 0 Å². The van der Waals surface area contributed by atoms with Crippen molar-refractivity contribution in [2.75, 3.05) is 0 Å². The summed E-state index contributed by atoms with van der Waals surface area (Å²) in [7, 11) is 0. The topological polar surface area (TPSA) is 0 Å². The molecule has 0 amide bonds. The molecule has 0 fully saturated rings. The van der Waals surface area contributed by atoms with Crippen LogP contribution in [0.25, 0.3) is 43.4 Å². The van der Waals surface area contributed by atoms with E-state index in [1.165, 1.54) is 130 Å². The van der Waals surface area contributed by atoms with E-state index in [9.17, 15) is 0 Å². The summed E-state index contributed by atoms with van der Waals surface area (Å²) in [5, 5.41) is 7.84. The van der Waals surface area contributed by atoms with Crippen LogP contribution >= 0.6 is 22.6 Å². The summed E-state index contributed by atoms with van der Waals surface area (Å²) in [5.74, 6) is 7.30. The van der Waals surface area contributed by atoms with Gasteiger partial charge in [0.25, 0.3) is 0 Å². The predicted molar refractivity (Wildman–Crippen MR) is 208 cm³/mol. The number of hydrogen-bond acceptors (Lipinski definition) is 0. The second kappa shape index (κ2) is 13.8. The van der Waals surface area contributed by atoms with Crippen molar-refractivity contribution in [3.63, 3.8) is 0 Å². The van der Waals surface area contributed by atoms with Gasteiger partial charge in [0.15, 0.2) is 0 Å². The second-order valence-corrected chi connectivity index (χ2v) is 14.8. The van der Waals surface area contributed by atoms with Gasteiger partial charge in [0.2, 0.25) is 0 Å². The molecule has 7 rings (SSSR count). The van der Waals surface area contributed by atoms with Crippen LogP contribution in [-0.2, 0) is 5.41 Å². The summed E-state index contributed by atoms with van der Waals surface area (Å²) in [6.07, 6.45) is 15.7. The maximum Gasteiger partial charge on any atom is 0.0328 e. The van der Waals surface area contributed by atoms with E-state index in [4.69, 9.17) is 0 Å². The zero-order valence-electron chi connectivity index (χ0n) is 27.5. The summed E-state index contributed by atoms with van der Waals surface area (Å²) in [5.41, 5.74) is 8.30. The SMILES string of the molecule is CCCCCCCC1(CCCCCCC)c2cc(I)ccc2-c2ccc(C#Cc3ccc4ccc5cccc6ccc3c4c56)cc21. The summed E-state index contributed by atoms with van der Waals surface area (Å²) in [6, 6.07) is 34.4. The lowest BCUT2D eigenvalue weighted by Gasteiger charge is -2.33. The monoisotopic (exact) mass is 712 g/mol. The molecule has 0 aromatic heterocycles. The molecule has 6 aromatic carbocycles. The molecule has 0 N–H and O–H groups in total. The van der Waals surface area contributed by atoms with Gasteiger partial charge in [-0.25, -0.2) is 0 Å². The number of unbranched alkanes of at least 4 members (excludes halogenated alkanes) is 8. The molecule has 0 unspecified atom stereocenters. The lowest BCUT2D eigenvalue weighted by molar-refractivity contribution is 0.398. The highest BCUT2D eigenvalue weighted by Crippen LogP contribution is 2.54. The highest BCUT2D eigenvalue weighted by Gasteiger charge is 2.42. The number of rotatable bonds is 12. The summed E-state index contributed by atoms with van der Waals surface area (Å²) in [6.45, 7) is 4.63. The Morgan fingerprint density at radius 1 is 0.543 bits per heavy atom. The molecule has 0 nitrogen and oxygen atoms in total. The molecule has 1 aliphatic rings. The molecule has 1 heteroatoms. The minimum atomic E-state index is 0.0783. The Labute approximate surface area is 289 Å². The van der Waals surface area contributed by atoms with Crippen molar-refractivity contribution in [1.29, 1.82) is 0 Å². The van der Waals surface area contributed by atoms with E-state index >= 15 is 0 Å². The molecule has 0 spiro atoms. The van der Waals surface area contributed by atoms with Crippen LogP contribution < -0.4 is 0 Å². The molecule has 0 bridgehead atoms. The fourth-order valence-electron chi connectivity index (χ4n) is 8.25. The van der Waals surface area contributed by atoms with E-state index in [0.29, 0.717) is 0 Å². The molecule has 6 aromatic rings. The number of halogens is 1. The van der Waals surface area contributed by atoms with Crippen molar-refractivity contribution in [2.45, 2.75) is 96.3 Å². The van der Waals surface area contributed by atoms with Gasteiger partial charge in [-0.15, -0.1) is 0 Å². The molecule has 0 radical (unpaired) electrons. The molecule has 232 valence electrons. The Hall–Kier alpha value is -3.35. The molecule has 0 atom stereocenters. The maximum absolute atomic E-state index is 3.66. The quantitative estimate of drug-likeness (QED) is 0.0513. The first-order chi connectivity index (χ1) is 22.6. The third-order valence-electron chi connectivity index (χ3n) is 10.6. The van der Waals surface area contributed by atoms with Gasteiger partial charge in [0, 0.05) is 20.1 Å². The zero-order valence-corrected chi connectivity index (χ0v) is 29.7. The molecular weight excluding hydrogens is 667 g/mol. The predicted octanol–water partition coefficient (Wildman–Crippen LogP) is 13.6. The Morgan fingerprint density at radius 3 is 1.83 bits per heavy atom. The molecule has 0 aliphatic heterocycles. The van der Waals surface area contributed by atoms with Crippen molar-refractivity contribution < 1.29 is 0 Å². The first-order valence-electron chi connectivity index (χ1n) is 17.8. The van der Waals surface area contributed by atoms with E-state index in [-0.39, 0.29) is 5.41 Å². The number of hydrogen-bond donors (Lipinski definition) is 0. The standard InChI is InChI=1S/C45H45I/c1-3-5-7-9-11-28-45(29-12-10-8-6-4-2)41-30-32(17-25-39(41)40-27-24-37(46)31-42(40)45)16-18-33-19-20-36-22-21-34-14-13-15-35-23-26-38(33)44(36)43(34)35/h13-15,17,19-27,30-31H,3-12,28-29H2,1-2H3. The van der Waals surface area contributed by atoms with Gasteiger partial charge in [-0.2, -0.15) is 0 Å². The Kier molecular flexibility index (Phi) is 9.37. The smallest absolute Gasteiger partial charge is 0.0328 e. The fourth-order valence-corrected chi connectivity index (χ4v) is 8.74. The highest BCUT2D eigenvalue weighted by molar-refractivity contribution is 14.1. The third kappa shape index (κ3) is 5.84. The lowest BCUT2D eigenvalue weighted by Crippen LogP contribution is -2.26. The normalized spacial score (nSPS) is 13.3. The van der Waals surface area contributed by atoms with Crippen LogP contribution in [0.2, 0.25) is 0 Å². The van der Waals surface area contributed by atoms with E-state index in [1.807, 2.05) is 0 Å². The first-order valence-corrected chi connectivity index (χ1v) is 18.8. The minimum absolute atomic E-state index is 0.0783. The van der Waals surface area contributed by atoms with Gasteiger partial charge < -0.3 is 0 Å². The Bertz CT molecular complexity index is 2020. The third-order valence-corrected chi connectivity index (χ3v) is 11.3. The van der Waals surface area contributed by atoms with E-state index < -0.39 is 0 Å². The van der Waals surface area contributed by atoms with Gasteiger partial charge in [0.05, 0.1) is 0 Å². The number of benzene rings is 6. The van der Waals surface area contributed by atoms with Gasteiger partial charge in [-0.05, 0) is 120 Å². The van der Waals surface area contributed by atoms with Crippen molar-refractivity contribution in [2.24, 2.45) is 0 Å². The van der Waals surface area contributed by atoms with Crippen molar-refractivity contribution in [1.82, 2.24) is 0 Å². The first kappa shape index (κ1) is 31.3. The van der Waals surface area contributed by atoms with Crippen LogP contribution in [0.4, 0.5) is 0 Å². The van der Waals surface area contributed by atoms with E-state index in [0.717, 1.165) is 11.1 Å². The van der Waals surface area contributed by atoms with Gasteiger partial charge in [-0.1, -0.05) is 151 Å². The maximum atomic E-state index is 3.66. The van der Waals surface area contributed by atoms with Crippen molar-refractivity contribution in [3.05, 3.63) is 117 Å². The summed E-state index contributed by atoms with van der Waals surface area (Å²) in [4.78, 5) is 0. The average molecular weight is 713 g/mol. The largest absolute Gasteiger partial charge is 0.0654 e. The minimum Gasteiger partial charge on any atom is -0.0654 e. The van der Waals surface area contributed by atoms with E-state index in [1.54, 1.807) is 5.56 Å². The second-order valence-electron chi connectivity index (χ2n) is 13.6. The van der Waals surface area contributed by atoms with Crippen LogP contribution in [0.15, 0.2) is 91.0 Å². The van der Waals surface area contributed by atoms with Crippen LogP contribution in [0.5, 0.6) is 0 Å². The van der Waals surface area contributed by atoms with Crippen molar-refractivity contribution >= 4 is 54.9 Å². The lowest BCUT2D eigenvalue weighted by atomic mass is 9.70. The van der Waals surface area contributed by atoms with Gasteiger partial charge in [0.1, 0.15) is 0 Å². The van der Waals surface area contributed by atoms with Crippen LogP contribution in [0.1, 0.15) is 113 Å². The molecule has 0 saturated heterocycles.